The van der Waals surface area contributed by atoms with E-state index in [2.05, 4.69) is 225 Å². The van der Waals surface area contributed by atoms with Crippen LogP contribution in [0.4, 0.5) is 27.8 Å². The molecule has 1 aromatic heterocycles. The van der Waals surface area contributed by atoms with Crippen molar-refractivity contribution in [3.63, 3.8) is 0 Å². The van der Waals surface area contributed by atoms with Crippen molar-refractivity contribution in [3.8, 4) is 22.3 Å². The molecule has 3 aliphatic rings. The molecule has 2 nitrogen and oxygen atoms in total. The standard InChI is InChI=1S/C55H43BN2SSi/c1-36-33-44-41-26-18-30-50-53(41)58(46-27-15-17-29-49(46)60(50,39-21-10-6-11-22-39)40-23-12-7-13-24-40)56-51(44)47(34-36)57(54-52(56)42-25-14-16-28-48(42)59-54)45-32-31-38(55(2,3)4)35-43(45)37-19-8-5-9-20-37/h5-35H,1-4H3. The summed E-state index contributed by atoms with van der Waals surface area (Å²) in [7, 11) is -2.82. The third-order valence-electron chi connectivity index (χ3n) is 13.3. The molecule has 0 fully saturated rings. The van der Waals surface area contributed by atoms with E-state index in [1.54, 1.807) is 0 Å². The van der Waals surface area contributed by atoms with Crippen LogP contribution in [0.3, 0.4) is 0 Å². The number of hydrogen-bond donors (Lipinski definition) is 0. The lowest BCUT2D eigenvalue weighted by Crippen LogP contribution is -2.79. The summed E-state index contributed by atoms with van der Waals surface area (Å²) >= 11 is 1.93. The SMILES string of the molecule is Cc1cc2c3c(c1)N(c1ccc(C(C)(C)C)cc1-c1ccccc1)c1sc4ccccc4c1B3N1c3ccccc3[Si](c3ccccc3)(c3ccccc3)c3cccc-2c31. The maximum absolute atomic E-state index is 2.82. The van der Waals surface area contributed by atoms with Gasteiger partial charge in [0.05, 0.1) is 10.7 Å². The first-order chi connectivity index (χ1) is 29.3. The van der Waals surface area contributed by atoms with E-state index in [1.165, 1.54) is 103 Å². The Hall–Kier alpha value is -6.40. The molecule has 9 aromatic rings. The zero-order valence-corrected chi connectivity index (χ0v) is 36.1. The zero-order chi connectivity index (χ0) is 40.3. The van der Waals surface area contributed by atoms with Gasteiger partial charge in [-0.3, -0.25) is 0 Å². The number of rotatable bonds is 4. The minimum Gasteiger partial charge on any atom is -0.376 e. The van der Waals surface area contributed by atoms with Crippen molar-refractivity contribution >= 4 is 95.8 Å². The minimum absolute atomic E-state index is 0.00142. The van der Waals surface area contributed by atoms with Crippen LogP contribution in [0, 0.1) is 6.92 Å². The Kier molecular flexibility index (Phi) is 7.73. The van der Waals surface area contributed by atoms with Crippen molar-refractivity contribution in [2.75, 3.05) is 9.71 Å². The van der Waals surface area contributed by atoms with Gasteiger partial charge >= 0.3 is 6.85 Å². The molecule has 0 saturated carbocycles. The topological polar surface area (TPSA) is 6.48 Å². The van der Waals surface area contributed by atoms with Crippen LogP contribution < -0.4 is 41.4 Å². The smallest absolute Gasteiger partial charge is 0.334 e. The van der Waals surface area contributed by atoms with Gasteiger partial charge in [0.2, 0.25) is 0 Å². The quantitative estimate of drug-likeness (QED) is 0.164. The number of aryl methyl sites for hydroxylation is 1. The molecule has 0 radical (unpaired) electrons. The van der Waals surface area contributed by atoms with Crippen LogP contribution in [0.1, 0.15) is 31.9 Å². The molecule has 0 saturated heterocycles. The molecule has 0 aliphatic carbocycles. The van der Waals surface area contributed by atoms with Crippen LogP contribution in [0.5, 0.6) is 0 Å². The van der Waals surface area contributed by atoms with Gasteiger partial charge in [-0.05, 0) is 102 Å². The van der Waals surface area contributed by atoms with Gasteiger partial charge in [0, 0.05) is 32.9 Å². The summed E-state index contributed by atoms with van der Waals surface area (Å²) < 4.78 is 1.31. The second kappa shape index (κ2) is 13.0. The monoisotopic (exact) mass is 802 g/mol. The molecule has 0 atom stereocenters. The number of hydrogen-bond acceptors (Lipinski definition) is 3. The highest BCUT2D eigenvalue weighted by molar-refractivity contribution is 7.26. The number of para-hydroxylation sites is 2. The van der Waals surface area contributed by atoms with Gasteiger partial charge in [-0.1, -0.05) is 178 Å². The fraction of sp³-hybridized carbons (Fsp3) is 0.0909. The van der Waals surface area contributed by atoms with Crippen molar-refractivity contribution in [1.82, 2.24) is 0 Å². The summed E-state index contributed by atoms with van der Waals surface area (Å²) in [5.41, 5.74) is 15.7. The molecule has 12 rings (SSSR count). The number of fused-ring (bicyclic) bond motifs is 8. The lowest BCUT2D eigenvalue weighted by molar-refractivity contribution is 0.590. The second-order valence-electron chi connectivity index (χ2n) is 17.7. The van der Waals surface area contributed by atoms with Gasteiger partial charge in [-0.2, -0.15) is 0 Å². The van der Waals surface area contributed by atoms with Crippen LogP contribution >= 0.6 is 11.3 Å². The van der Waals surface area contributed by atoms with Crippen molar-refractivity contribution in [2.45, 2.75) is 33.1 Å². The van der Waals surface area contributed by atoms with Crippen molar-refractivity contribution < 1.29 is 0 Å². The maximum Gasteiger partial charge on any atom is 0.334 e. The molecular weight excluding hydrogens is 760 g/mol. The maximum atomic E-state index is 2.77. The van der Waals surface area contributed by atoms with E-state index in [4.69, 9.17) is 0 Å². The molecule has 60 heavy (non-hydrogen) atoms. The second-order valence-corrected chi connectivity index (χ2v) is 22.5. The number of nitrogens with zero attached hydrogens (tertiary/aromatic N) is 2. The van der Waals surface area contributed by atoms with Gasteiger partial charge < -0.3 is 9.71 Å². The highest BCUT2D eigenvalue weighted by Crippen LogP contribution is 2.52. The van der Waals surface area contributed by atoms with Crippen LogP contribution in [-0.2, 0) is 5.41 Å². The van der Waals surface area contributed by atoms with E-state index in [0.717, 1.165) is 0 Å². The van der Waals surface area contributed by atoms with E-state index in [-0.39, 0.29) is 12.3 Å². The predicted octanol–water partition coefficient (Wildman–Crippen LogP) is 10.6. The molecule has 5 heteroatoms. The summed E-state index contributed by atoms with van der Waals surface area (Å²) in [6.07, 6.45) is 0. The Morgan fingerprint density at radius 1 is 0.517 bits per heavy atom. The third kappa shape index (κ3) is 4.88. The molecule has 0 N–H and O–H groups in total. The van der Waals surface area contributed by atoms with Gasteiger partial charge in [0.1, 0.15) is 0 Å². The van der Waals surface area contributed by atoms with Crippen LogP contribution in [0.25, 0.3) is 32.3 Å². The van der Waals surface area contributed by atoms with Crippen molar-refractivity contribution in [1.29, 1.82) is 0 Å². The Bertz CT molecular complexity index is 3130. The third-order valence-corrected chi connectivity index (χ3v) is 19.3. The highest BCUT2D eigenvalue weighted by atomic mass is 32.1. The molecule has 3 aliphatic heterocycles. The summed E-state index contributed by atoms with van der Waals surface area (Å²) in [6.45, 7) is 9.20. The molecule has 0 bridgehead atoms. The molecule has 0 unspecified atom stereocenters. The Labute approximate surface area is 358 Å². The minimum atomic E-state index is -2.82. The largest absolute Gasteiger partial charge is 0.376 e. The molecule has 0 amide bonds. The van der Waals surface area contributed by atoms with Crippen LogP contribution in [-0.4, -0.2) is 14.9 Å². The number of thiophene rings is 1. The summed E-state index contributed by atoms with van der Waals surface area (Å²) in [5.74, 6) is 0. The molecular formula is C55H43BN2SSi. The molecule has 286 valence electrons. The first kappa shape index (κ1) is 35.5. The Morgan fingerprint density at radius 3 is 1.90 bits per heavy atom. The Balaban J connectivity index is 1.23. The summed E-state index contributed by atoms with van der Waals surface area (Å²) in [6, 6.07) is 71.7. The molecule has 0 spiro atoms. The van der Waals surface area contributed by atoms with Crippen molar-refractivity contribution in [3.05, 3.63) is 199 Å². The van der Waals surface area contributed by atoms with E-state index >= 15 is 0 Å². The van der Waals surface area contributed by atoms with Gasteiger partial charge in [0.15, 0.2) is 8.07 Å². The van der Waals surface area contributed by atoms with E-state index < -0.39 is 8.07 Å². The van der Waals surface area contributed by atoms with Gasteiger partial charge in [-0.25, -0.2) is 0 Å². The first-order valence-corrected chi connectivity index (χ1v) is 24.0. The average molecular weight is 803 g/mol. The van der Waals surface area contributed by atoms with E-state index in [1.807, 2.05) is 11.3 Å². The first-order valence-electron chi connectivity index (χ1n) is 21.1. The van der Waals surface area contributed by atoms with Crippen molar-refractivity contribution in [2.24, 2.45) is 0 Å². The van der Waals surface area contributed by atoms with E-state index in [9.17, 15) is 0 Å². The molecule has 4 heterocycles. The lowest BCUT2D eigenvalue weighted by Gasteiger charge is -2.52. The van der Waals surface area contributed by atoms with Gasteiger partial charge in [0.25, 0.3) is 0 Å². The number of anilines is 5. The zero-order valence-electron chi connectivity index (χ0n) is 34.3. The lowest BCUT2D eigenvalue weighted by atomic mass is 9.43. The summed E-state index contributed by atoms with van der Waals surface area (Å²) in [4.78, 5) is 5.41. The summed E-state index contributed by atoms with van der Waals surface area (Å²) in [5, 5.41) is 8.35. The molecule has 8 aromatic carbocycles. The Morgan fingerprint density at radius 2 is 1.17 bits per heavy atom. The average Bonchev–Trinajstić information content (AvgIpc) is 3.67. The van der Waals surface area contributed by atoms with Crippen LogP contribution in [0.15, 0.2) is 188 Å². The highest BCUT2D eigenvalue weighted by Gasteiger charge is 2.55. The van der Waals surface area contributed by atoms with Gasteiger partial charge in [-0.15, -0.1) is 11.3 Å². The normalized spacial score (nSPS) is 14.4. The fourth-order valence-electron chi connectivity index (χ4n) is 10.8. The fourth-order valence-corrected chi connectivity index (χ4v) is 17.2. The number of benzene rings is 8. The van der Waals surface area contributed by atoms with E-state index in [0.29, 0.717) is 0 Å². The predicted molar refractivity (Wildman–Crippen MR) is 262 cm³/mol. The van der Waals surface area contributed by atoms with Crippen LogP contribution in [0.2, 0.25) is 0 Å².